The van der Waals surface area contributed by atoms with Crippen LogP contribution in [-0.4, -0.2) is 15.9 Å². The van der Waals surface area contributed by atoms with Crippen LogP contribution in [0.4, 0.5) is 26.0 Å². The molecule has 3 rings (SSSR count). The van der Waals surface area contributed by atoms with Gasteiger partial charge in [0.05, 0.1) is 0 Å². The molecule has 1 aromatic heterocycles. The first kappa shape index (κ1) is 18.4. The number of halogens is 2. The quantitative estimate of drug-likeness (QED) is 0.702. The highest BCUT2D eigenvalue weighted by atomic mass is 19.2. The molecular formula is C20H18F2N4O. The Balaban J connectivity index is 1.83. The van der Waals surface area contributed by atoms with Crippen molar-refractivity contribution in [3.63, 3.8) is 0 Å². The molecule has 0 bridgehead atoms. The fourth-order valence-electron chi connectivity index (χ4n) is 2.61. The van der Waals surface area contributed by atoms with Gasteiger partial charge >= 0.3 is 0 Å². The van der Waals surface area contributed by atoms with Crippen molar-refractivity contribution in [2.24, 2.45) is 0 Å². The Bertz CT molecular complexity index is 1020. The minimum absolute atomic E-state index is 0.111. The van der Waals surface area contributed by atoms with E-state index in [0.717, 1.165) is 28.9 Å². The maximum atomic E-state index is 13.3. The summed E-state index contributed by atoms with van der Waals surface area (Å²) in [5, 5.41) is 5.68. The smallest absolute Gasteiger partial charge is 0.274 e. The molecule has 0 saturated carbocycles. The molecule has 0 aliphatic rings. The summed E-state index contributed by atoms with van der Waals surface area (Å²) in [5.41, 5.74) is 3.30. The largest absolute Gasteiger partial charge is 0.340 e. The summed E-state index contributed by atoms with van der Waals surface area (Å²) >= 11 is 0. The third kappa shape index (κ3) is 4.44. The zero-order valence-corrected chi connectivity index (χ0v) is 15.1. The third-order valence-corrected chi connectivity index (χ3v) is 3.89. The molecule has 0 unspecified atom stereocenters. The zero-order chi connectivity index (χ0) is 19.6. The maximum Gasteiger partial charge on any atom is 0.274 e. The summed E-state index contributed by atoms with van der Waals surface area (Å²) in [7, 11) is 0. The van der Waals surface area contributed by atoms with E-state index in [1.54, 1.807) is 6.92 Å². The number of rotatable bonds is 4. The molecule has 27 heavy (non-hydrogen) atoms. The van der Waals surface area contributed by atoms with Gasteiger partial charge in [0.2, 0.25) is 0 Å². The number of aryl methyl sites for hydroxylation is 3. The lowest BCUT2D eigenvalue weighted by Crippen LogP contribution is -2.15. The van der Waals surface area contributed by atoms with Crippen LogP contribution in [-0.2, 0) is 0 Å². The van der Waals surface area contributed by atoms with E-state index >= 15 is 0 Å². The molecule has 2 aromatic carbocycles. The van der Waals surface area contributed by atoms with Crippen LogP contribution >= 0.6 is 0 Å². The van der Waals surface area contributed by atoms with Crippen LogP contribution in [0.2, 0.25) is 0 Å². The second-order valence-electron chi connectivity index (χ2n) is 6.21. The van der Waals surface area contributed by atoms with Crippen LogP contribution < -0.4 is 10.6 Å². The highest BCUT2D eigenvalue weighted by Gasteiger charge is 2.13. The zero-order valence-electron chi connectivity index (χ0n) is 15.1. The number of carbonyl (C=O) groups excluding carboxylic acids is 1. The molecule has 2 N–H and O–H groups in total. The van der Waals surface area contributed by atoms with Crippen molar-refractivity contribution in [1.29, 1.82) is 0 Å². The molecule has 0 atom stereocenters. The van der Waals surface area contributed by atoms with E-state index in [1.807, 2.05) is 32.0 Å². The molecule has 3 aromatic rings. The summed E-state index contributed by atoms with van der Waals surface area (Å²) in [6.45, 7) is 5.65. The Morgan fingerprint density at radius 2 is 1.70 bits per heavy atom. The number of aromatic nitrogens is 2. The van der Waals surface area contributed by atoms with Crippen molar-refractivity contribution in [3.8, 4) is 0 Å². The molecule has 0 aliphatic heterocycles. The van der Waals surface area contributed by atoms with Crippen molar-refractivity contribution in [2.45, 2.75) is 20.8 Å². The minimum Gasteiger partial charge on any atom is -0.340 e. The maximum absolute atomic E-state index is 13.3. The van der Waals surface area contributed by atoms with Gasteiger partial charge in [-0.25, -0.2) is 18.7 Å². The Kier molecular flexibility index (Phi) is 5.12. The van der Waals surface area contributed by atoms with E-state index in [2.05, 4.69) is 20.6 Å². The van der Waals surface area contributed by atoms with Crippen molar-refractivity contribution in [2.75, 3.05) is 10.6 Å². The van der Waals surface area contributed by atoms with Gasteiger partial charge in [0.15, 0.2) is 11.6 Å². The number of anilines is 3. The molecule has 138 valence electrons. The molecule has 0 fully saturated rings. The molecule has 0 radical (unpaired) electrons. The topological polar surface area (TPSA) is 66.9 Å². The van der Waals surface area contributed by atoms with Crippen molar-refractivity contribution >= 4 is 23.1 Å². The number of hydrogen-bond acceptors (Lipinski definition) is 4. The number of benzene rings is 2. The number of hydrogen-bond donors (Lipinski definition) is 2. The van der Waals surface area contributed by atoms with Gasteiger partial charge in [0.1, 0.15) is 17.3 Å². The lowest BCUT2D eigenvalue weighted by Gasteiger charge is -2.11. The van der Waals surface area contributed by atoms with Gasteiger partial charge in [0, 0.05) is 23.5 Å². The van der Waals surface area contributed by atoms with Gasteiger partial charge in [-0.15, -0.1) is 0 Å². The lowest BCUT2D eigenvalue weighted by atomic mass is 10.1. The highest BCUT2D eigenvalue weighted by molar-refractivity contribution is 6.03. The second kappa shape index (κ2) is 7.49. The molecule has 1 amide bonds. The minimum atomic E-state index is -1.04. The second-order valence-corrected chi connectivity index (χ2v) is 6.21. The van der Waals surface area contributed by atoms with Crippen LogP contribution in [0.15, 0.2) is 42.5 Å². The van der Waals surface area contributed by atoms with E-state index in [9.17, 15) is 13.6 Å². The fourth-order valence-corrected chi connectivity index (χ4v) is 2.61. The van der Waals surface area contributed by atoms with Gasteiger partial charge in [-0.1, -0.05) is 17.7 Å². The Hall–Kier alpha value is -3.35. The van der Waals surface area contributed by atoms with Crippen LogP contribution in [0.1, 0.15) is 27.4 Å². The van der Waals surface area contributed by atoms with E-state index in [1.165, 1.54) is 12.1 Å². The highest BCUT2D eigenvalue weighted by Crippen LogP contribution is 2.21. The van der Waals surface area contributed by atoms with Gasteiger partial charge < -0.3 is 10.6 Å². The normalized spacial score (nSPS) is 10.6. The first-order valence-corrected chi connectivity index (χ1v) is 8.28. The van der Waals surface area contributed by atoms with Crippen LogP contribution in [0.25, 0.3) is 0 Å². The summed E-state index contributed by atoms with van der Waals surface area (Å²) < 4.78 is 26.3. The number of nitrogens with zero attached hydrogens (tertiary/aromatic N) is 2. The molecule has 0 spiro atoms. The van der Waals surface area contributed by atoms with E-state index < -0.39 is 17.5 Å². The third-order valence-electron chi connectivity index (χ3n) is 3.89. The molecule has 0 aliphatic carbocycles. The Labute approximate surface area is 155 Å². The van der Waals surface area contributed by atoms with Crippen molar-refractivity contribution < 1.29 is 13.6 Å². The standard InChI is InChI=1S/C20H18F2N4O/c1-11-4-7-17(12(2)8-11)26-19-10-18(23-13(3)24-19)20(27)25-14-5-6-15(21)16(22)9-14/h4-10H,1-3H3,(H,25,27)(H,23,24,26). The van der Waals surface area contributed by atoms with Crippen molar-refractivity contribution in [1.82, 2.24) is 9.97 Å². The van der Waals surface area contributed by atoms with Gasteiger partial charge in [-0.2, -0.15) is 0 Å². The SMILES string of the molecule is Cc1ccc(Nc2cc(C(=O)Nc3ccc(F)c(F)c3)nc(C)n2)c(C)c1. The summed E-state index contributed by atoms with van der Waals surface area (Å²) in [5.74, 6) is -1.70. The van der Waals surface area contributed by atoms with Crippen LogP contribution in [0.5, 0.6) is 0 Å². The Morgan fingerprint density at radius 3 is 2.41 bits per heavy atom. The van der Waals surface area contributed by atoms with Gasteiger partial charge in [-0.3, -0.25) is 4.79 Å². The summed E-state index contributed by atoms with van der Waals surface area (Å²) in [6.07, 6.45) is 0. The van der Waals surface area contributed by atoms with Gasteiger partial charge in [-0.05, 0) is 44.5 Å². The fraction of sp³-hybridized carbons (Fsp3) is 0.150. The van der Waals surface area contributed by atoms with E-state index in [4.69, 9.17) is 0 Å². The molecule has 0 saturated heterocycles. The van der Waals surface area contributed by atoms with Crippen LogP contribution in [0.3, 0.4) is 0 Å². The molecule has 7 heteroatoms. The first-order chi connectivity index (χ1) is 12.8. The molecule has 1 heterocycles. The molecule has 5 nitrogen and oxygen atoms in total. The predicted molar refractivity (Wildman–Crippen MR) is 100 cm³/mol. The number of nitrogens with one attached hydrogen (secondary N) is 2. The lowest BCUT2D eigenvalue weighted by molar-refractivity contribution is 0.102. The summed E-state index contributed by atoms with van der Waals surface area (Å²) in [4.78, 5) is 20.8. The monoisotopic (exact) mass is 368 g/mol. The van der Waals surface area contributed by atoms with E-state index in [-0.39, 0.29) is 11.4 Å². The van der Waals surface area contributed by atoms with Crippen molar-refractivity contribution in [3.05, 3.63) is 76.7 Å². The average Bonchev–Trinajstić information content (AvgIpc) is 2.60. The average molecular weight is 368 g/mol. The van der Waals surface area contributed by atoms with Crippen LogP contribution in [0, 0.1) is 32.4 Å². The number of carbonyl (C=O) groups is 1. The molecular weight excluding hydrogens is 350 g/mol. The van der Waals surface area contributed by atoms with E-state index in [0.29, 0.717) is 11.6 Å². The number of amides is 1. The predicted octanol–water partition coefficient (Wildman–Crippen LogP) is 4.68. The van der Waals surface area contributed by atoms with Gasteiger partial charge in [0.25, 0.3) is 5.91 Å². The Morgan fingerprint density at radius 1 is 0.926 bits per heavy atom. The summed E-state index contributed by atoms with van der Waals surface area (Å²) in [6, 6.07) is 10.6. The first-order valence-electron chi connectivity index (χ1n) is 8.28.